The Bertz CT molecular complexity index is 1160. The third-order valence-electron chi connectivity index (χ3n) is 4.83. The molecule has 0 saturated carbocycles. The SMILES string of the molecule is CC(=O)N1CCc2cc(NC(=O)c3sc4ncn(C)c(=O)c4c3C)ccc21. The van der Waals surface area contributed by atoms with E-state index >= 15 is 0 Å². The number of amides is 2. The number of fused-ring (bicyclic) bond motifs is 2. The van der Waals surface area contributed by atoms with Crippen molar-refractivity contribution < 1.29 is 9.59 Å². The molecule has 0 bridgehead atoms. The van der Waals surface area contributed by atoms with Crippen LogP contribution in [0.15, 0.2) is 29.3 Å². The molecule has 2 amide bonds. The Labute approximate surface area is 159 Å². The van der Waals surface area contributed by atoms with Gasteiger partial charge in [-0.3, -0.25) is 14.4 Å². The highest BCUT2D eigenvalue weighted by atomic mass is 32.1. The van der Waals surface area contributed by atoms with Crippen molar-refractivity contribution in [3.8, 4) is 0 Å². The maximum Gasteiger partial charge on any atom is 0.266 e. The number of anilines is 2. The number of benzene rings is 1. The highest BCUT2D eigenvalue weighted by Gasteiger charge is 2.23. The summed E-state index contributed by atoms with van der Waals surface area (Å²) in [5, 5.41) is 3.39. The van der Waals surface area contributed by atoms with Crippen molar-refractivity contribution in [3.05, 3.63) is 50.9 Å². The summed E-state index contributed by atoms with van der Waals surface area (Å²) in [4.78, 5) is 43.8. The first-order valence-electron chi connectivity index (χ1n) is 8.54. The first-order valence-corrected chi connectivity index (χ1v) is 9.35. The first-order chi connectivity index (χ1) is 12.9. The molecule has 1 aliphatic heterocycles. The van der Waals surface area contributed by atoms with Gasteiger partial charge in [0, 0.05) is 31.9 Å². The van der Waals surface area contributed by atoms with Gasteiger partial charge in [-0.15, -0.1) is 11.3 Å². The lowest BCUT2D eigenvalue weighted by molar-refractivity contribution is -0.116. The average molecular weight is 382 g/mol. The summed E-state index contributed by atoms with van der Waals surface area (Å²) in [5.41, 5.74) is 3.08. The van der Waals surface area contributed by atoms with Gasteiger partial charge >= 0.3 is 0 Å². The molecule has 7 nitrogen and oxygen atoms in total. The third kappa shape index (κ3) is 2.82. The van der Waals surface area contributed by atoms with Crippen LogP contribution < -0.4 is 15.8 Å². The molecule has 0 spiro atoms. The van der Waals surface area contributed by atoms with Crippen LogP contribution in [0.5, 0.6) is 0 Å². The molecule has 3 aromatic rings. The van der Waals surface area contributed by atoms with E-state index in [0.29, 0.717) is 32.9 Å². The summed E-state index contributed by atoms with van der Waals surface area (Å²) in [6.45, 7) is 3.98. The molecular formula is C19H18N4O3S. The van der Waals surface area contributed by atoms with E-state index in [1.165, 1.54) is 22.2 Å². The van der Waals surface area contributed by atoms with Crippen LogP contribution in [0.25, 0.3) is 10.2 Å². The van der Waals surface area contributed by atoms with Gasteiger partial charge in [-0.25, -0.2) is 4.98 Å². The summed E-state index contributed by atoms with van der Waals surface area (Å²) in [6.07, 6.45) is 2.23. The number of nitrogens with one attached hydrogen (secondary N) is 1. The first kappa shape index (κ1) is 17.4. The number of rotatable bonds is 2. The van der Waals surface area contributed by atoms with Gasteiger partial charge in [0.15, 0.2) is 0 Å². The lowest BCUT2D eigenvalue weighted by atomic mass is 10.1. The van der Waals surface area contributed by atoms with E-state index < -0.39 is 0 Å². The van der Waals surface area contributed by atoms with E-state index in [-0.39, 0.29) is 17.4 Å². The quantitative estimate of drug-likeness (QED) is 0.738. The summed E-state index contributed by atoms with van der Waals surface area (Å²) < 4.78 is 1.41. The zero-order chi connectivity index (χ0) is 19.3. The van der Waals surface area contributed by atoms with Crippen molar-refractivity contribution in [2.45, 2.75) is 20.3 Å². The predicted molar refractivity (Wildman–Crippen MR) is 106 cm³/mol. The molecule has 0 aliphatic carbocycles. The van der Waals surface area contributed by atoms with Crippen LogP contribution in [0, 0.1) is 6.92 Å². The Hall–Kier alpha value is -3.00. The van der Waals surface area contributed by atoms with E-state index in [2.05, 4.69) is 10.3 Å². The minimum Gasteiger partial charge on any atom is -0.321 e. The molecule has 1 aliphatic rings. The van der Waals surface area contributed by atoms with Crippen LogP contribution in [0.1, 0.15) is 27.7 Å². The van der Waals surface area contributed by atoms with E-state index in [1.54, 1.807) is 31.9 Å². The fourth-order valence-electron chi connectivity index (χ4n) is 3.42. The number of hydrogen-bond acceptors (Lipinski definition) is 5. The molecule has 8 heteroatoms. The molecule has 0 fully saturated rings. The van der Waals surface area contributed by atoms with Crippen molar-refractivity contribution >= 4 is 44.7 Å². The number of thiophene rings is 1. The fraction of sp³-hybridized carbons (Fsp3) is 0.263. The smallest absolute Gasteiger partial charge is 0.266 e. The minimum atomic E-state index is -0.265. The van der Waals surface area contributed by atoms with Crippen LogP contribution in [-0.2, 0) is 18.3 Å². The topological polar surface area (TPSA) is 84.3 Å². The summed E-state index contributed by atoms with van der Waals surface area (Å²) in [5.74, 6) is -0.251. The zero-order valence-corrected chi connectivity index (χ0v) is 16.0. The number of carbonyl (C=O) groups is 2. The van der Waals surface area contributed by atoms with Gasteiger partial charge in [-0.1, -0.05) is 0 Å². The molecule has 138 valence electrons. The van der Waals surface area contributed by atoms with E-state index in [0.717, 1.165) is 17.7 Å². The van der Waals surface area contributed by atoms with Crippen LogP contribution in [0.3, 0.4) is 0 Å². The molecule has 1 aromatic carbocycles. The van der Waals surface area contributed by atoms with Crippen LogP contribution in [-0.4, -0.2) is 27.9 Å². The highest BCUT2D eigenvalue weighted by Crippen LogP contribution is 2.32. The van der Waals surface area contributed by atoms with Crippen molar-refractivity contribution in [1.82, 2.24) is 9.55 Å². The Morgan fingerprint density at radius 1 is 1.30 bits per heavy atom. The maximum atomic E-state index is 12.8. The molecule has 4 rings (SSSR count). The molecular weight excluding hydrogens is 364 g/mol. The van der Waals surface area contributed by atoms with E-state index in [4.69, 9.17) is 0 Å². The van der Waals surface area contributed by atoms with Crippen molar-refractivity contribution in [3.63, 3.8) is 0 Å². The van der Waals surface area contributed by atoms with Gasteiger partial charge in [0.05, 0.1) is 16.6 Å². The van der Waals surface area contributed by atoms with Crippen LogP contribution in [0.2, 0.25) is 0 Å². The van der Waals surface area contributed by atoms with Crippen LogP contribution in [0.4, 0.5) is 11.4 Å². The molecule has 1 N–H and O–H groups in total. The fourth-order valence-corrected chi connectivity index (χ4v) is 4.45. The minimum absolute atomic E-state index is 0.0144. The lowest BCUT2D eigenvalue weighted by Gasteiger charge is -2.15. The highest BCUT2D eigenvalue weighted by molar-refractivity contribution is 7.20. The van der Waals surface area contributed by atoms with Crippen molar-refractivity contribution in [2.75, 3.05) is 16.8 Å². The Balaban J connectivity index is 1.65. The Morgan fingerprint density at radius 2 is 2.07 bits per heavy atom. The van der Waals surface area contributed by atoms with Crippen molar-refractivity contribution in [1.29, 1.82) is 0 Å². The third-order valence-corrected chi connectivity index (χ3v) is 6.03. The second kappa shape index (κ2) is 6.31. The predicted octanol–water partition coefficient (Wildman–Crippen LogP) is 2.46. The normalized spacial score (nSPS) is 13.1. The maximum absolute atomic E-state index is 12.8. The molecule has 2 aromatic heterocycles. The molecule has 0 saturated heterocycles. The van der Waals surface area contributed by atoms with Crippen molar-refractivity contribution in [2.24, 2.45) is 7.05 Å². The largest absolute Gasteiger partial charge is 0.321 e. The second-order valence-corrected chi connectivity index (χ2v) is 7.61. The molecule has 27 heavy (non-hydrogen) atoms. The van der Waals surface area contributed by atoms with Gasteiger partial charge in [-0.2, -0.15) is 0 Å². The van der Waals surface area contributed by atoms with E-state index in [9.17, 15) is 14.4 Å². The second-order valence-electron chi connectivity index (χ2n) is 6.62. The molecule has 0 radical (unpaired) electrons. The Kier molecular flexibility index (Phi) is 4.07. The van der Waals surface area contributed by atoms with Crippen LogP contribution >= 0.6 is 11.3 Å². The number of aryl methyl sites for hydroxylation is 2. The molecule has 0 atom stereocenters. The number of carbonyl (C=O) groups excluding carboxylic acids is 2. The standard InChI is InChI=1S/C19H18N4O3S/c1-10-15-18(20-9-22(3)19(15)26)27-16(10)17(25)21-13-4-5-14-12(8-13)6-7-23(14)11(2)24/h4-5,8-9H,6-7H2,1-3H3,(H,21,25). The lowest BCUT2D eigenvalue weighted by Crippen LogP contribution is -2.25. The number of nitrogens with zero attached hydrogens (tertiary/aromatic N) is 3. The van der Waals surface area contributed by atoms with Gasteiger partial charge < -0.3 is 14.8 Å². The monoisotopic (exact) mass is 382 g/mol. The number of aromatic nitrogens is 2. The Morgan fingerprint density at radius 3 is 2.81 bits per heavy atom. The summed E-state index contributed by atoms with van der Waals surface area (Å²) in [6, 6.07) is 5.54. The van der Waals surface area contributed by atoms with Gasteiger partial charge in [0.2, 0.25) is 5.91 Å². The van der Waals surface area contributed by atoms with E-state index in [1.807, 2.05) is 12.1 Å². The molecule has 3 heterocycles. The number of hydrogen-bond donors (Lipinski definition) is 1. The zero-order valence-electron chi connectivity index (χ0n) is 15.2. The van der Waals surface area contributed by atoms with Gasteiger partial charge in [0.25, 0.3) is 11.5 Å². The average Bonchev–Trinajstić information content (AvgIpc) is 3.19. The summed E-state index contributed by atoms with van der Waals surface area (Å²) >= 11 is 1.21. The van der Waals surface area contributed by atoms with Gasteiger partial charge in [-0.05, 0) is 42.7 Å². The molecule has 0 unspecified atom stereocenters. The summed E-state index contributed by atoms with van der Waals surface area (Å²) in [7, 11) is 1.64. The van der Waals surface area contributed by atoms with Gasteiger partial charge in [0.1, 0.15) is 4.83 Å².